The predicted molar refractivity (Wildman–Crippen MR) is 81.5 cm³/mol. The highest BCUT2D eigenvalue weighted by molar-refractivity contribution is 7.09. The summed E-state index contributed by atoms with van der Waals surface area (Å²) in [7, 11) is 0. The maximum atomic E-state index is 12.1. The Hall–Kier alpha value is -1.88. The second-order valence-corrected chi connectivity index (χ2v) is 5.97. The average molecular weight is 287 g/mol. The van der Waals surface area contributed by atoms with Crippen molar-refractivity contribution in [2.75, 3.05) is 18.4 Å². The van der Waals surface area contributed by atoms with E-state index in [1.807, 2.05) is 30.5 Å². The Labute approximate surface area is 122 Å². The van der Waals surface area contributed by atoms with E-state index in [9.17, 15) is 4.79 Å². The number of thiazole rings is 1. The number of nitrogens with one attached hydrogen (secondary N) is 2. The molecular formula is C15H17N3OS. The number of benzene rings is 1. The smallest absolute Gasteiger partial charge is 0.251 e. The van der Waals surface area contributed by atoms with Crippen LogP contribution in [0.1, 0.15) is 26.6 Å². The van der Waals surface area contributed by atoms with Crippen molar-refractivity contribution in [2.24, 2.45) is 0 Å². The van der Waals surface area contributed by atoms with Crippen LogP contribution in [0.3, 0.4) is 0 Å². The number of nitrogens with zero attached hydrogens (tertiary/aromatic N) is 1. The minimum Gasteiger partial charge on any atom is -0.384 e. The van der Waals surface area contributed by atoms with E-state index in [4.69, 9.17) is 0 Å². The Kier molecular flexibility index (Phi) is 3.69. The third kappa shape index (κ3) is 2.82. The topological polar surface area (TPSA) is 54.0 Å². The molecule has 2 heterocycles. The van der Waals surface area contributed by atoms with Crippen LogP contribution in [0.25, 0.3) is 0 Å². The lowest BCUT2D eigenvalue weighted by Crippen LogP contribution is -2.25. The zero-order valence-electron chi connectivity index (χ0n) is 11.4. The van der Waals surface area contributed by atoms with Gasteiger partial charge in [-0.3, -0.25) is 4.79 Å². The molecule has 104 valence electrons. The summed E-state index contributed by atoms with van der Waals surface area (Å²) in [6.07, 6.45) is 1.82. The molecule has 2 N–H and O–H groups in total. The van der Waals surface area contributed by atoms with E-state index in [-0.39, 0.29) is 5.91 Å². The fraction of sp³-hybridized carbons (Fsp3) is 0.333. The summed E-state index contributed by atoms with van der Waals surface area (Å²) in [5.74, 6) is -0.0200. The van der Waals surface area contributed by atoms with E-state index in [0.29, 0.717) is 12.1 Å². The van der Waals surface area contributed by atoms with Gasteiger partial charge in [-0.2, -0.15) is 0 Å². The fourth-order valence-corrected chi connectivity index (χ4v) is 3.01. The van der Waals surface area contributed by atoms with Gasteiger partial charge in [0.2, 0.25) is 0 Å². The van der Waals surface area contributed by atoms with E-state index in [2.05, 4.69) is 15.6 Å². The van der Waals surface area contributed by atoms with Crippen LogP contribution < -0.4 is 10.6 Å². The molecule has 1 aromatic carbocycles. The summed E-state index contributed by atoms with van der Waals surface area (Å²) in [6, 6.07) is 5.87. The van der Waals surface area contributed by atoms with E-state index in [0.717, 1.165) is 35.8 Å². The van der Waals surface area contributed by atoms with Gasteiger partial charge in [-0.05, 0) is 31.0 Å². The minimum absolute atomic E-state index is 0.0200. The third-order valence-corrected chi connectivity index (χ3v) is 4.24. The summed E-state index contributed by atoms with van der Waals surface area (Å²) in [4.78, 5) is 16.5. The van der Waals surface area contributed by atoms with Crippen molar-refractivity contribution in [3.8, 4) is 0 Å². The van der Waals surface area contributed by atoms with E-state index < -0.39 is 0 Å². The van der Waals surface area contributed by atoms with Gasteiger partial charge in [0.05, 0.1) is 10.7 Å². The van der Waals surface area contributed by atoms with Crippen molar-refractivity contribution in [1.82, 2.24) is 10.3 Å². The van der Waals surface area contributed by atoms with Crippen LogP contribution in [0.5, 0.6) is 0 Å². The fourth-order valence-electron chi connectivity index (χ4n) is 2.36. The molecule has 0 radical (unpaired) electrons. The summed E-state index contributed by atoms with van der Waals surface area (Å²) in [5.41, 5.74) is 4.14. The third-order valence-electron chi connectivity index (χ3n) is 3.42. The molecule has 1 amide bonds. The molecular weight excluding hydrogens is 270 g/mol. The van der Waals surface area contributed by atoms with Gasteiger partial charge in [-0.1, -0.05) is 6.07 Å². The van der Waals surface area contributed by atoms with Gasteiger partial charge in [0, 0.05) is 36.1 Å². The molecule has 0 unspecified atom stereocenters. The van der Waals surface area contributed by atoms with Gasteiger partial charge in [0.25, 0.3) is 5.91 Å². The first-order valence-electron chi connectivity index (χ1n) is 6.78. The van der Waals surface area contributed by atoms with Crippen LogP contribution in [0.2, 0.25) is 0 Å². The van der Waals surface area contributed by atoms with Gasteiger partial charge in [-0.15, -0.1) is 11.3 Å². The summed E-state index contributed by atoms with van der Waals surface area (Å²) in [5, 5.41) is 9.35. The summed E-state index contributed by atoms with van der Waals surface area (Å²) < 4.78 is 0. The van der Waals surface area contributed by atoms with Crippen LogP contribution in [0, 0.1) is 6.92 Å². The lowest BCUT2D eigenvalue weighted by Gasteiger charge is -2.06. The molecule has 0 saturated heterocycles. The van der Waals surface area contributed by atoms with Gasteiger partial charge in [0.15, 0.2) is 0 Å². The first-order chi connectivity index (χ1) is 9.72. The van der Waals surface area contributed by atoms with Crippen molar-refractivity contribution in [2.45, 2.75) is 19.8 Å². The molecule has 5 heteroatoms. The highest BCUT2D eigenvalue weighted by Crippen LogP contribution is 2.23. The molecule has 20 heavy (non-hydrogen) atoms. The lowest BCUT2D eigenvalue weighted by molar-refractivity contribution is 0.0954. The molecule has 0 aliphatic carbocycles. The first kappa shape index (κ1) is 13.1. The van der Waals surface area contributed by atoms with Gasteiger partial charge < -0.3 is 10.6 Å². The molecule has 1 aromatic heterocycles. The Bertz CT molecular complexity index is 636. The first-order valence-corrected chi connectivity index (χ1v) is 7.66. The standard InChI is InChI=1S/C15H17N3OS/c1-10-18-13(9-20-10)5-7-17-15(19)12-3-2-11-4-6-16-14(11)8-12/h2-3,8-9,16H,4-7H2,1H3,(H,17,19). The highest BCUT2D eigenvalue weighted by atomic mass is 32.1. The quantitative estimate of drug-likeness (QED) is 0.908. The van der Waals surface area contributed by atoms with Crippen molar-refractivity contribution in [1.29, 1.82) is 0 Å². The molecule has 0 atom stereocenters. The molecule has 4 nitrogen and oxygen atoms in total. The minimum atomic E-state index is -0.0200. The molecule has 3 rings (SSSR count). The normalized spacial score (nSPS) is 12.8. The molecule has 0 spiro atoms. The van der Waals surface area contributed by atoms with Crippen molar-refractivity contribution in [3.05, 3.63) is 45.4 Å². The van der Waals surface area contributed by atoms with Crippen LogP contribution in [0.15, 0.2) is 23.6 Å². The maximum absolute atomic E-state index is 12.1. The number of rotatable bonds is 4. The Morgan fingerprint density at radius 2 is 2.40 bits per heavy atom. The second kappa shape index (κ2) is 5.63. The van der Waals surface area contributed by atoms with Crippen LogP contribution in [-0.2, 0) is 12.8 Å². The Balaban J connectivity index is 1.56. The average Bonchev–Trinajstić information content (AvgIpc) is 3.06. The zero-order chi connectivity index (χ0) is 13.9. The highest BCUT2D eigenvalue weighted by Gasteiger charge is 2.13. The Morgan fingerprint density at radius 3 is 3.20 bits per heavy atom. The van der Waals surface area contributed by atoms with Crippen molar-refractivity contribution < 1.29 is 4.79 Å². The second-order valence-electron chi connectivity index (χ2n) is 4.91. The SMILES string of the molecule is Cc1nc(CCNC(=O)c2ccc3c(c2)NCC3)cs1. The van der Waals surface area contributed by atoms with E-state index in [1.165, 1.54) is 5.56 Å². The molecule has 0 bridgehead atoms. The van der Waals surface area contributed by atoms with E-state index >= 15 is 0 Å². The monoisotopic (exact) mass is 287 g/mol. The van der Waals surface area contributed by atoms with Gasteiger partial charge in [0.1, 0.15) is 0 Å². The van der Waals surface area contributed by atoms with Crippen LogP contribution in [-0.4, -0.2) is 24.0 Å². The number of aryl methyl sites for hydroxylation is 1. The number of carbonyl (C=O) groups is 1. The maximum Gasteiger partial charge on any atom is 0.251 e. The number of hydrogen-bond donors (Lipinski definition) is 2. The number of anilines is 1. The molecule has 2 aromatic rings. The number of hydrogen-bond acceptors (Lipinski definition) is 4. The summed E-state index contributed by atoms with van der Waals surface area (Å²) in [6.45, 7) is 3.57. The van der Waals surface area contributed by atoms with Gasteiger partial charge in [-0.25, -0.2) is 4.98 Å². The number of aromatic nitrogens is 1. The predicted octanol–water partition coefficient (Wildman–Crippen LogP) is 2.39. The largest absolute Gasteiger partial charge is 0.384 e. The molecule has 0 saturated carbocycles. The lowest BCUT2D eigenvalue weighted by atomic mass is 10.1. The Morgan fingerprint density at radius 1 is 1.50 bits per heavy atom. The number of carbonyl (C=O) groups excluding carboxylic acids is 1. The van der Waals surface area contributed by atoms with Gasteiger partial charge >= 0.3 is 0 Å². The molecule has 1 aliphatic rings. The molecule has 0 fully saturated rings. The van der Waals surface area contributed by atoms with Crippen molar-refractivity contribution in [3.63, 3.8) is 0 Å². The van der Waals surface area contributed by atoms with Crippen LogP contribution >= 0.6 is 11.3 Å². The van der Waals surface area contributed by atoms with Crippen LogP contribution in [0.4, 0.5) is 5.69 Å². The number of fused-ring (bicyclic) bond motifs is 1. The summed E-state index contributed by atoms with van der Waals surface area (Å²) >= 11 is 1.64. The zero-order valence-corrected chi connectivity index (χ0v) is 12.2. The number of amides is 1. The molecule has 1 aliphatic heterocycles. The van der Waals surface area contributed by atoms with Crippen molar-refractivity contribution >= 4 is 22.9 Å². The van der Waals surface area contributed by atoms with E-state index in [1.54, 1.807) is 11.3 Å².